The Morgan fingerprint density at radius 2 is 1.79 bits per heavy atom. The summed E-state index contributed by atoms with van der Waals surface area (Å²) in [5, 5.41) is 18.1. The number of halogens is 3. The van der Waals surface area contributed by atoms with Crippen LogP contribution in [0.1, 0.15) is 22.6 Å². The fourth-order valence-corrected chi connectivity index (χ4v) is 4.77. The number of aromatic amines is 1. The fraction of sp³-hybridized carbons (Fsp3) is 0.367. The van der Waals surface area contributed by atoms with Crippen molar-refractivity contribution in [2.24, 2.45) is 5.92 Å². The Morgan fingerprint density at radius 1 is 1.07 bits per heavy atom. The van der Waals surface area contributed by atoms with E-state index in [2.05, 4.69) is 14.9 Å². The van der Waals surface area contributed by atoms with Crippen LogP contribution in [0.3, 0.4) is 0 Å². The largest absolute Gasteiger partial charge is 0.463 e. The molecule has 12 heteroatoms. The summed E-state index contributed by atoms with van der Waals surface area (Å²) in [4.78, 5) is 22.7. The van der Waals surface area contributed by atoms with Crippen LogP contribution in [0.4, 0.5) is 18.9 Å². The van der Waals surface area contributed by atoms with Gasteiger partial charge in [-0.1, -0.05) is 48.5 Å². The Bertz CT molecular complexity index is 1400. The van der Waals surface area contributed by atoms with Crippen LogP contribution in [0.2, 0.25) is 0 Å². The van der Waals surface area contributed by atoms with Gasteiger partial charge in [0.1, 0.15) is 24.4 Å². The number of aliphatic hydroxyl groups is 1. The Kier molecular flexibility index (Phi) is 8.93. The molecular formula is C30H32F3N5O4. The Hall–Kier alpha value is -4.16. The zero-order chi connectivity index (χ0) is 29.7. The normalized spacial score (nSPS) is 17.5. The number of benzene rings is 2. The first-order valence-corrected chi connectivity index (χ1v) is 13.6. The summed E-state index contributed by atoms with van der Waals surface area (Å²) in [5.74, 6) is -0.221. The van der Waals surface area contributed by atoms with E-state index in [0.29, 0.717) is 44.2 Å². The van der Waals surface area contributed by atoms with E-state index in [1.54, 1.807) is 6.08 Å². The van der Waals surface area contributed by atoms with Crippen LogP contribution in [-0.2, 0) is 33.5 Å². The second-order valence-electron chi connectivity index (χ2n) is 10.2. The van der Waals surface area contributed by atoms with Gasteiger partial charge in [-0.15, -0.1) is 0 Å². The van der Waals surface area contributed by atoms with Crippen LogP contribution in [-0.4, -0.2) is 77.3 Å². The highest BCUT2D eigenvalue weighted by Crippen LogP contribution is 2.40. The summed E-state index contributed by atoms with van der Waals surface area (Å²) in [6, 6.07) is 17.2. The maximum absolute atomic E-state index is 12.8. The molecule has 5 rings (SSSR count). The van der Waals surface area contributed by atoms with Crippen molar-refractivity contribution in [2.45, 2.75) is 25.3 Å². The van der Waals surface area contributed by atoms with Crippen molar-refractivity contribution in [1.29, 1.82) is 5.41 Å². The number of carbonyl (C=O) groups excluding carboxylic acids is 1. The molecule has 0 spiro atoms. The monoisotopic (exact) mass is 583 g/mol. The molecule has 3 N–H and O–H groups in total. The second kappa shape index (κ2) is 12.8. The van der Waals surface area contributed by atoms with E-state index in [0.717, 1.165) is 23.0 Å². The molecule has 0 saturated carbocycles. The summed E-state index contributed by atoms with van der Waals surface area (Å²) < 4.78 is 49.5. The van der Waals surface area contributed by atoms with Crippen molar-refractivity contribution in [1.82, 2.24) is 14.9 Å². The number of H-pyrrole nitrogens is 1. The first kappa shape index (κ1) is 29.3. The molecule has 0 amide bonds. The van der Waals surface area contributed by atoms with Crippen molar-refractivity contribution >= 4 is 23.1 Å². The van der Waals surface area contributed by atoms with E-state index in [4.69, 9.17) is 14.9 Å². The predicted molar refractivity (Wildman–Crippen MR) is 150 cm³/mol. The molecule has 0 bridgehead atoms. The molecule has 1 aliphatic carbocycles. The number of piperazine rings is 1. The van der Waals surface area contributed by atoms with E-state index in [1.807, 2.05) is 59.5 Å². The van der Waals surface area contributed by atoms with Gasteiger partial charge in [0, 0.05) is 43.6 Å². The third kappa shape index (κ3) is 7.37. The maximum atomic E-state index is 12.8. The lowest BCUT2D eigenvalue weighted by atomic mass is 10.1. The molecule has 2 aliphatic rings. The molecule has 1 fully saturated rings. The van der Waals surface area contributed by atoms with Crippen LogP contribution in [0.15, 0.2) is 66.9 Å². The fourth-order valence-electron chi connectivity index (χ4n) is 4.77. The molecule has 1 saturated heterocycles. The number of amidine groups is 1. The molecule has 2 atom stereocenters. The van der Waals surface area contributed by atoms with Gasteiger partial charge in [-0.05, 0) is 23.3 Å². The number of nitrogens with one attached hydrogen (secondary N) is 2. The molecule has 222 valence electrons. The minimum absolute atomic E-state index is 0.0342. The molecule has 3 aromatic rings. The number of anilines is 1. The number of nitrogens with zero attached hydrogens (tertiary/aromatic N) is 3. The number of carbonyl (C=O) groups is 1. The van der Waals surface area contributed by atoms with Gasteiger partial charge in [0.05, 0.1) is 25.6 Å². The second-order valence-corrected chi connectivity index (χ2v) is 10.2. The lowest BCUT2D eigenvalue weighted by molar-refractivity contribution is -0.148. The highest BCUT2D eigenvalue weighted by atomic mass is 19.4. The highest BCUT2D eigenvalue weighted by Gasteiger charge is 2.39. The number of rotatable bonds is 11. The summed E-state index contributed by atoms with van der Waals surface area (Å²) in [7, 11) is 0. The molecule has 1 aromatic heterocycles. The Balaban J connectivity index is 1.03. The zero-order valence-corrected chi connectivity index (χ0v) is 22.8. The van der Waals surface area contributed by atoms with Crippen molar-refractivity contribution in [3.63, 3.8) is 0 Å². The van der Waals surface area contributed by atoms with Gasteiger partial charge in [-0.25, -0.2) is 4.98 Å². The average molecular weight is 584 g/mol. The quantitative estimate of drug-likeness (QED) is 0.178. The zero-order valence-electron chi connectivity index (χ0n) is 22.8. The van der Waals surface area contributed by atoms with Crippen molar-refractivity contribution in [3.05, 3.63) is 89.5 Å². The number of alkyl halides is 3. The van der Waals surface area contributed by atoms with Crippen LogP contribution < -0.4 is 4.90 Å². The van der Waals surface area contributed by atoms with Gasteiger partial charge in [-0.2, -0.15) is 13.2 Å². The smallest absolute Gasteiger partial charge is 0.434 e. The minimum atomic E-state index is -4.51. The molecule has 42 heavy (non-hydrogen) atoms. The van der Waals surface area contributed by atoms with Gasteiger partial charge >= 0.3 is 12.1 Å². The summed E-state index contributed by atoms with van der Waals surface area (Å²) in [6.45, 7) is 2.59. The van der Waals surface area contributed by atoms with Crippen molar-refractivity contribution < 1.29 is 32.5 Å². The number of hydrogen-bond acceptors (Lipinski definition) is 7. The van der Waals surface area contributed by atoms with E-state index in [-0.39, 0.29) is 31.4 Å². The number of aromatic nitrogens is 2. The average Bonchev–Trinajstić information content (AvgIpc) is 3.63. The first-order chi connectivity index (χ1) is 20.2. The van der Waals surface area contributed by atoms with Crippen molar-refractivity contribution in [2.75, 3.05) is 44.3 Å². The van der Waals surface area contributed by atoms with Crippen LogP contribution >= 0.6 is 0 Å². The lowest BCUT2D eigenvalue weighted by Crippen LogP contribution is -2.49. The van der Waals surface area contributed by atoms with Gasteiger partial charge in [0.25, 0.3) is 0 Å². The van der Waals surface area contributed by atoms with Crippen molar-refractivity contribution in [3.8, 4) is 0 Å². The molecule has 0 radical (unpaired) electrons. The Labute approximate surface area is 241 Å². The highest BCUT2D eigenvalue weighted by molar-refractivity contribution is 6.03. The number of ether oxygens (including phenoxy) is 2. The first-order valence-electron chi connectivity index (χ1n) is 13.6. The number of hydrogen-bond donors (Lipinski definition) is 3. The van der Waals surface area contributed by atoms with E-state index < -0.39 is 23.9 Å². The molecule has 9 nitrogen and oxygen atoms in total. The summed E-state index contributed by atoms with van der Waals surface area (Å²) in [5.41, 5.74) is 2.40. The number of aliphatic hydroxyl groups excluding tert-OH is 1. The van der Waals surface area contributed by atoms with Gasteiger partial charge in [0.2, 0.25) is 0 Å². The summed E-state index contributed by atoms with van der Waals surface area (Å²) in [6.07, 6.45) is -2.42. The molecule has 2 aromatic carbocycles. The summed E-state index contributed by atoms with van der Waals surface area (Å²) >= 11 is 0. The predicted octanol–water partition coefficient (Wildman–Crippen LogP) is 3.90. The number of imidazole rings is 1. The molecule has 2 unspecified atom stereocenters. The van der Waals surface area contributed by atoms with Gasteiger partial charge in [-0.3, -0.25) is 10.2 Å². The van der Waals surface area contributed by atoms with Gasteiger partial charge in [0.15, 0.2) is 5.69 Å². The molecular weight excluding hydrogens is 551 g/mol. The maximum Gasteiger partial charge on any atom is 0.434 e. The van der Waals surface area contributed by atoms with Crippen LogP contribution in [0.5, 0.6) is 0 Å². The molecule has 1 aliphatic heterocycles. The molecule has 2 heterocycles. The third-order valence-electron chi connectivity index (χ3n) is 7.24. The lowest BCUT2D eigenvalue weighted by Gasteiger charge is -2.37. The topological polar surface area (TPSA) is 115 Å². The minimum Gasteiger partial charge on any atom is -0.463 e. The SMILES string of the molecule is N=C(C1C=C1c1nc(C(F)(F)F)c[nH]1)N1CCN(c2ccc(CC(=O)OCC(CO)OCc3ccccc3)cc2)CC1. The van der Waals surface area contributed by atoms with E-state index in [9.17, 15) is 23.1 Å². The number of esters is 1. The van der Waals surface area contributed by atoms with E-state index in [1.165, 1.54) is 0 Å². The van der Waals surface area contributed by atoms with E-state index >= 15 is 0 Å². The van der Waals surface area contributed by atoms with Crippen LogP contribution in [0.25, 0.3) is 5.57 Å². The van der Waals surface area contributed by atoms with Crippen LogP contribution in [0, 0.1) is 11.3 Å². The third-order valence-corrected chi connectivity index (χ3v) is 7.24. The van der Waals surface area contributed by atoms with Gasteiger partial charge < -0.3 is 29.4 Å². The Morgan fingerprint density at radius 3 is 2.43 bits per heavy atom. The standard InChI is InChI=1S/C30H32F3N5O4/c31-30(32,33)26-16-35-29(36-26)25-15-24(25)28(34)38-12-10-37(11-13-38)22-8-6-20(7-9-22)14-27(40)42-19-23(17-39)41-18-21-4-2-1-3-5-21/h1-9,15-16,23-24,34,39H,10-14,17-19H2,(H,35,36).